The summed E-state index contributed by atoms with van der Waals surface area (Å²) in [6, 6.07) is 9.12. The molecule has 2 atom stereocenters. The van der Waals surface area contributed by atoms with Gasteiger partial charge in [0.05, 0.1) is 24.2 Å². The molecular weight excluding hydrogens is 423 g/mol. The van der Waals surface area contributed by atoms with Crippen molar-refractivity contribution in [2.24, 2.45) is 5.92 Å². The second-order valence-electron chi connectivity index (χ2n) is 7.36. The van der Waals surface area contributed by atoms with Gasteiger partial charge in [-0.1, -0.05) is 19.9 Å². The normalized spacial score (nSPS) is 13.9. The van der Waals surface area contributed by atoms with Crippen molar-refractivity contribution in [1.82, 2.24) is 9.62 Å². The van der Waals surface area contributed by atoms with Crippen LogP contribution in [0.5, 0.6) is 5.75 Å². The number of benzene rings is 1. The summed E-state index contributed by atoms with van der Waals surface area (Å²) in [5.41, 5.74) is 0. The molecule has 2 aromatic rings. The van der Waals surface area contributed by atoms with Crippen molar-refractivity contribution >= 4 is 35.0 Å². The van der Waals surface area contributed by atoms with E-state index in [1.165, 1.54) is 34.9 Å². The number of sulfonamides is 1. The molecule has 0 fully saturated rings. The first-order valence-corrected chi connectivity index (χ1v) is 11.9. The van der Waals surface area contributed by atoms with Crippen LogP contribution in [0, 0.1) is 5.92 Å². The highest BCUT2D eigenvalue weighted by Crippen LogP contribution is 2.22. The first-order valence-electron chi connectivity index (χ1n) is 9.54. The summed E-state index contributed by atoms with van der Waals surface area (Å²) in [6.07, 6.45) is -0.800. The van der Waals surface area contributed by atoms with Crippen LogP contribution in [-0.4, -0.2) is 63.8 Å². The van der Waals surface area contributed by atoms with Crippen LogP contribution < -0.4 is 10.1 Å². The molecule has 1 heterocycles. The summed E-state index contributed by atoms with van der Waals surface area (Å²) in [7, 11) is 2.91. The number of hydrogen-bond donors (Lipinski definition) is 2. The number of thiophene rings is 1. The Morgan fingerprint density at radius 3 is 2.40 bits per heavy atom. The van der Waals surface area contributed by atoms with Gasteiger partial charge in [0.15, 0.2) is 5.81 Å². The Morgan fingerprint density at radius 2 is 1.90 bits per heavy atom. The summed E-state index contributed by atoms with van der Waals surface area (Å²) in [5.74, 6) is -0.194. The number of methoxy groups -OCH3 is 1. The van der Waals surface area contributed by atoms with Gasteiger partial charge in [-0.3, -0.25) is 4.79 Å². The molecule has 162 valence electrons. The zero-order chi connectivity index (χ0) is 22.3. The summed E-state index contributed by atoms with van der Waals surface area (Å²) in [4.78, 5) is 12.5. The van der Waals surface area contributed by atoms with Crippen molar-refractivity contribution in [1.29, 1.82) is 0 Å². The molecule has 0 saturated carbocycles. The van der Waals surface area contributed by atoms with Gasteiger partial charge in [-0.25, -0.2) is 8.42 Å². The van der Waals surface area contributed by atoms with Crippen LogP contribution in [0.4, 0.5) is 4.79 Å². The molecule has 0 spiro atoms. The molecule has 0 aliphatic carbocycles. The Balaban J connectivity index is 2.26. The van der Waals surface area contributed by atoms with Gasteiger partial charge in [-0.05, 0) is 41.6 Å². The fourth-order valence-electron chi connectivity index (χ4n) is 3.02. The number of amides is 1. The van der Waals surface area contributed by atoms with E-state index in [1.807, 2.05) is 31.4 Å². The van der Waals surface area contributed by atoms with Crippen LogP contribution in [-0.2, 0) is 16.4 Å². The Bertz CT molecular complexity index is 902. The summed E-state index contributed by atoms with van der Waals surface area (Å²) < 4.78 is 32.8. The van der Waals surface area contributed by atoms with E-state index >= 15 is 0 Å². The number of aliphatic hydroxyl groups excluding tert-OH is 1. The number of nitrogens with zero attached hydrogens (tertiary/aromatic N) is 1. The SMILES string of the molecule is [B]C(=O)N[C@H](Cc1cccs1)[C@@H](O)CN(CC(C)C)S(=O)(=O)c1ccc(OC)cc1. The van der Waals surface area contributed by atoms with Crippen molar-refractivity contribution < 1.29 is 23.1 Å². The zero-order valence-corrected chi connectivity index (χ0v) is 18.9. The quantitative estimate of drug-likeness (QED) is 0.512. The van der Waals surface area contributed by atoms with E-state index in [1.54, 1.807) is 12.1 Å². The van der Waals surface area contributed by atoms with Gasteiger partial charge in [0.1, 0.15) is 5.75 Å². The number of ether oxygens (including phenoxy) is 1. The van der Waals surface area contributed by atoms with Gasteiger partial charge in [0, 0.05) is 24.4 Å². The van der Waals surface area contributed by atoms with E-state index in [2.05, 4.69) is 5.32 Å². The molecule has 0 saturated heterocycles. The molecule has 2 radical (unpaired) electrons. The van der Waals surface area contributed by atoms with Crippen LogP contribution >= 0.6 is 11.3 Å². The van der Waals surface area contributed by atoms with Crippen molar-refractivity contribution in [3.05, 3.63) is 46.7 Å². The molecule has 7 nitrogen and oxygen atoms in total. The molecule has 0 aliphatic rings. The van der Waals surface area contributed by atoms with Gasteiger partial charge in [-0.15, -0.1) is 11.3 Å². The average molecular weight is 450 g/mol. The molecule has 2 rings (SSSR count). The zero-order valence-electron chi connectivity index (χ0n) is 17.3. The van der Waals surface area contributed by atoms with Gasteiger partial charge in [-0.2, -0.15) is 4.31 Å². The molecule has 0 bridgehead atoms. The van der Waals surface area contributed by atoms with Gasteiger partial charge >= 0.3 is 0 Å². The Morgan fingerprint density at radius 1 is 1.23 bits per heavy atom. The minimum absolute atomic E-state index is 0.0325. The second kappa shape index (κ2) is 10.9. The Kier molecular flexibility index (Phi) is 8.90. The van der Waals surface area contributed by atoms with E-state index < -0.39 is 28.0 Å². The summed E-state index contributed by atoms with van der Waals surface area (Å²) in [6.45, 7) is 3.83. The van der Waals surface area contributed by atoms with Crippen molar-refractivity contribution in [3.8, 4) is 5.75 Å². The fraction of sp³-hybridized carbons (Fsp3) is 0.450. The lowest BCUT2D eigenvalue weighted by atomic mass is 10.0. The van der Waals surface area contributed by atoms with Gasteiger partial charge in [0.2, 0.25) is 17.9 Å². The summed E-state index contributed by atoms with van der Waals surface area (Å²) in [5, 5.41) is 15.3. The largest absolute Gasteiger partial charge is 0.497 e. The van der Waals surface area contributed by atoms with E-state index in [9.17, 15) is 18.3 Å². The van der Waals surface area contributed by atoms with Gasteiger partial charge in [0.25, 0.3) is 0 Å². The molecule has 1 aromatic heterocycles. The topological polar surface area (TPSA) is 95.9 Å². The van der Waals surface area contributed by atoms with Crippen molar-refractivity contribution in [3.63, 3.8) is 0 Å². The monoisotopic (exact) mass is 450 g/mol. The van der Waals surface area contributed by atoms with Crippen LogP contribution in [0.2, 0.25) is 0 Å². The van der Waals surface area contributed by atoms with Crippen LogP contribution in [0.15, 0.2) is 46.7 Å². The van der Waals surface area contributed by atoms with Gasteiger partial charge < -0.3 is 15.2 Å². The van der Waals surface area contributed by atoms with E-state index in [0.29, 0.717) is 12.2 Å². The minimum Gasteiger partial charge on any atom is -0.497 e. The molecule has 0 aliphatic heterocycles. The maximum atomic E-state index is 13.2. The van der Waals surface area contributed by atoms with E-state index in [0.717, 1.165) is 4.88 Å². The first-order chi connectivity index (χ1) is 14.1. The number of rotatable bonds is 11. The molecule has 2 N–H and O–H groups in total. The second-order valence-corrected chi connectivity index (χ2v) is 10.3. The smallest absolute Gasteiger partial charge is 0.243 e. The Hall–Kier alpha value is -1.88. The maximum absolute atomic E-state index is 13.2. The third-order valence-electron chi connectivity index (χ3n) is 4.45. The molecule has 0 unspecified atom stereocenters. The number of nitrogens with one attached hydrogen (secondary N) is 1. The highest BCUT2D eigenvalue weighted by Gasteiger charge is 2.31. The predicted octanol–water partition coefficient (Wildman–Crippen LogP) is 2.25. The highest BCUT2D eigenvalue weighted by molar-refractivity contribution is 7.89. The average Bonchev–Trinajstić information content (AvgIpc) is 3.19. The van der Waals surface area contributed by atoms with Crippen molar-refractivity contribution in [2.75, 3.05) is 20.2 Å². The lowest BCUT2D eigenvalue weighted by Gasteiger charge is -2.30. The number of hydrogen-bond acceptors (Lipinski definition) is 6. The molecule has 1 aromatic carbocycles. The first kappa shape index (κ1) is 24.4. The fourth-order valence-corrected chi connectivity index (χ4v) is 5.41. The van der Waals surface area contributed by atoms with E-state index in [4.69, 9.17) is 12.6 Å². The van der Waals surface area contributed by atoms with Crippen molar-refractivity contribution in [2.45, 2.75) is 37.3 Å². The number of carbonyl (C=O) groups excluding carboxylic acids is 1. The predicted molar refractivity (Wildman–Crippen MR) is 119 cm³/mol. The summed E-state index contributed by atoms with van der Waals surface area (Å²) >= 11 is 1.48. The molecular formula is C20H27BN2O5S2. The lowest BCUT2D eigenvalue weighted by molar-refractivity contribution is 0.106. The number of carbonyl (C=O) groups is 1. The van der Waals surface area contributed by atoms with Crippen LogP contribution in [0.3, 0.4) is 0 Å². The number of aliphatic hydroxyl groups is 1. The maximum Gasteiger partial charge on any atom is 0.243 e. The van der Waals surface area contributed by atoms with Crippen LogP contribution in [0.25, 0.3) is 0 Å². The van der Waals surface area contributed by atoms with Crippen LogP contribution in [0.1, 0.15) is 18.7 Å². The molecule has 10 heteroatoms. The lowest BCUT2D eigenvalue weighted by Crippen LogP contribution is -2.50. The standard InChI is InChI=1S/C20H27BN2O5S2/c1-14(2)12-23(30(26,27)17-8-6-15(28-3)7-9-17)13-19(24)18(22-20(21)25)11-16-5-4-10-29-16/h4-10,14,18-19,24H,11-13H2,1-3H3,(H,22,25)/t18-,19+/m1/s1. The third kappa shape index (κ3) is 6.83. The minimum atomic E-state index is -3.86. The molecule has 30 heavy (non-hydrogen) atoms. The molecule has 1 amide bonds. The van der Waals surface area contributed by atoms with E-state index in [-0.39, 0.29) is 23.9 Å². The Labute approximate surface area is 183 Å². The highest BCUT2D eigenvalue weighted by atomic mass is 32.2. The third-order valence-corrected chi connectivity index (χ3v) is 7.19.